The van der Waals surface area contributed by atoms with E-state index < -0.39 is 46.8 Å². The SMILES string of the molecule is CN(C(=O)c1cc(C(F)(F)F)cc(C(F)(F)F)c1)[C@@H]1CCN(C2CCNCC2)C[C@H]1c1ccc(F)cc1.Cl.Cl. The van der Waals surface area contributed by atoms with Crippen LogP contribution in [0.1, 0.15) is 52.2 Å². The molecule has 1 amide bonds. The second-order valence-electron chi connectivity index (χ2n) is 9.70. The first-order chi connectivity index (χ1) is 17.3. The van der Waals surface area contributed by atoms with Crippen molar-refractivity contribution in [1.29, 1.82) is 0 Å². The third-order valence-corrected chi connectivity index (χ3v) is 7.38. The fourth-order valence-electron chi connectivity index (χ4n) is 5.40. The predicted molar refractivity (Wildman–Crippen MR) is 138 cm³/mol. The maximum Gasteiger partial charge on any atom is 0.416 e. The monoisotopic (exact) mass is 603 g/mol. The van der Waals surface area contributed by atoms with Crippen molar-refractivity contribution in [3.63, 3.8) is 0 Å². The number of hydrogen-bond acceptors (Lipinski definition) is 3. The van der Waals surface area contributed by atoms with Gasteiger partial charge in [-0.05, 0) is 68.2 Å². The van der Waals surface area contributed by atoms with Gasteiger partial charge in [0.05, 0.1) is 11.1 Å². The van der Waals surface area contributed by atoms with E-state index in [-0.39, 0.29) is 36.8 Å². The van der Waals surface area contributed by atoms with Gasteiger partial charge in [-0.15, -0.1) is 24.8 Å². The second kappa shape index (κ2) is 13.1. The molecule has 2 saturated heterocycles. The van der Waals surface area contributed by atoms with Gasteiger partial charge in [0.25, 0.3) is 5.91 Å². The number of carbonyl (C=O) groups excluding carboxylic acids is 1. The molecular weight excluding hydrogens is 574 g/mol. The molecule has 2 heterocycles. The molecule has 2 aromatic rings. The highest BCUT2D eigenvalue weighted by atomic mass is 35.5. The van der Waals surface area contributed by atoms with Gasteiger partial charge in [-0.2, -0.15) is 26.3 Å². The Labute approximate surface area is 234 Å². The first kappa shape index (κ1) is 33.1. The third kappa shape index (κ3) is 7.77. The average Bonchev–Trinajstić information content (AvgIpc) is 2.87. The van der Waals surface area contributed by atoms with E-state index in [4.69, 9.17) is 0 Å². The summed E-state index contributed by atoms with van der Waals surface area (Å²) in [5.41, 5.74) is -2.99. The first-order valence-electron chi connectivity index (χ1n) is 12.1. The van der Waals surface area contributed by atoms with Gasteiger partial charge < -0.3 is 10.2 Å². The van der Waals surface area contributed by atoms with Crippen LogP contribution in [0.5, 0.6) is 0 Å². The fraction of sp³-hybridized carbons (Fsp3) is 0.500. The Balaban J connectivity index is 0.00000267. The standard InChI is InChI=1S/C26H28F7N3O.2ClH/c1-35(24(37)17-12-18(25(28,29)30)14-19(13-17)26(31,32)33)23-8-11-36(21-6-9-34-10-7-21)15-22(23)16-2-4-20(27)5-3-16;;/h2-5,12-14,21-23,34H,6-11,15H2,1H3;2*1H/t22-,23+;;/m0../s1. The maximum absolute atomic E-state index is 13.6. The summed E-state index contributed by atoms with van der Waals surface area (Å²) in [6.07, 6.45) is -7.74. The van der Waals surface area contributed by atoms with Gasteiger partial charge in [0.1, 0.15) is 5.82 Å². The van der Waals surface area contributed by atoms with Crippen LogP contribution in [0.2, 0.25) is 0 Å². The quantitative estimate of drug-likeness (QED) is 0.411. The lowest BCUT2D eigenvalue weighted by Crippen LogP contribution is -2.54. The molecule has 4 nitrogen and oxygen atoms in total. The molecule has 2 fully saturated rings. The fourth-order valence-corrected chi connectivity index (χ4v) is 5.40. The average molecular weight is 604 g/mol. The number of nitrogens with one attached hydrogen (secondary N) is 1. The smallest absolute Gasteiger partial charge is 0.338 e. The number of piperidine rings is 2. The van der Waals surface area contributed by atoms with Crippen LogP contribution in [0.3, 0.4) is 0 Å². The van der Waals surface area contributed by atoms with Crippen molar-refractivity contribution in [2.24, 2.45) is 0 Å². The molecule has 218 valence electrons. The van der Waals surface area contributed by atoms with Crippen molar-refractivity contribution in [3.8, 4) is 0 Å². The third-order valence-electron chi connectivity index (χ3n) is 7.38. The molecule has 0 bridgehead atoms. The van der Waals surface area contributed by atoms with Gasteiger partial charge in [-0.3, -0.25) is 9.69 Å². The van der Waals surface area contributed by atoms with Crippen molar-refractivity contribution in [3.05, 3.63) is 70.5 Å². The second-order valence-corrected chi connectivity index (χ2v) is 9.70. The summed E-state index contributed by atoms with van der Waals surface area (Å²) in [5.74, 6) is -1.66. The van der Waals surface area contributed by atoms with Crippen LogP contribution in [-0.4, -0.2) is 61.0 Å². The van der Waals surface area contributed by atoms with Gasteiger partial charge in [-0.1, -0.05) is 12.1 Å². The zero-order valence-corrected chi connectivity index (χ0v) is 22.6. The Morgan fingerprint density at radius 1 is 0.897 bits per heavy atom. The molecule has 2 aliphatic rings. The van der Waals surface area contributed by atoms with Crippen molar-refractivity contribution in [2.75, 3.05) is 33.2 Å². The number of rotatable bonds is 4. The molecule has 4 rings (SSSR count). The predicted octanol–water partition coefficient (Wildman–Crippen LogP) is 6.39. The largest absolute Gasteiger partial charge is 0.416 e. The lowest BCUT2D eigenvalue weighted by molar-refractivity contribution is -0.143. The summed E-state index contributed by atoms with van der Waals surface area (Å²) in [4.78, 5) is 16.9. The highest BCUT2D eigenvalue weighted by molar-refractivity contribution is 5.95. The number of likely N-dealkylation sites (tertiary alicyclic amines) is 1. The van der Waals surface area contributed by atoms with E-state index in [1.54, 1.807) is 12.1 Å². The minimum Gasteiger partial charge on any atom is -0.338 e. The number of benzene rings is 2. The Kier molecular flexibility index (Phi) is 11.1. The lowest BCUT2D eigenvalue weighted by Gasteiger charge is -2.46. The van der Waals surface area contributed by atoms with Crippen LogP contribution in [0.15, 0.2) is 42.5 Å². The summed E-state index contributed by atoms with van der Waals surface area (Å²) in [6.45, 7) is 2.92. The Hall–Kier alpha value is -2.08. The number of halogens is 9. The molecule has 2 aliphatic heterocycles. The van der Waals surface area contributed by atoms with E-state index in [0.717, 1.165) is 31.5 Å². The van der Waals surface area contributed by atoms with E-state index in [1.165, 1.54) is 24.1 Å². The van der Waals surface area contributed by atoms with E-state index in [9.17, 15) is 35.5 Å². The summed E-state index contributed by atoms with van der Waals surface area (Å²) in [6, 6.07) is 6.60. The molecule has 1 N–H and O–H groups in total. The number of likely N-dealkylation sites (N-methyl/N-ethyl adjacent to an activating group) is 1. The lowest BCUT2D eigenvalue weighted by atomic mass is 9.83. The maximum atomic E-state index is 13.6. The highest BCUT2D eigenvalue weighted by Crippen LogP contribution is 2.38. The van der Waals surface area contributed by atoms with E-state index in [2.05, 4.69) is 10.2 Å². The zero-order valence-electron chi connectivity index (χ0n) is 21.0. The molecule has 0 aromatic heterocycles. The number of nitrogens with zero attached hydrogens (tertiary/aromatic N) is 2. The molecule has 0 radical (unpaired) electrons. The molecule has 0 aliphatic carbocycles. The number of alkyl halides is 6. The number of hydrogen-bond donors (Lipinski definition) is 1. The van der Waals surface area contributed by atoms with Crippen LogP contribution < -0.4 is 5.32 Å². The van der Waals surface area contributed by atoms with E-state index in [1.807, 2.05) is 0 Å². The first-order valence-corrected chi connectivity index (χ1v) is 12.1. The Morgan fingerprint density at radius 2 is 1.44 bits per heavy atom. The topological polar surface area (TPSA) is 35.6 Å². The van der Waals surface area contributed by atoms with E-state index >= 15 is 0 Å². The van der Waals surface area contributed by atoms with Gasteiger partial charge in [0.2, 0.25) is 0 Å². The van der Waals surface area contributed by atoms with Crippen LogP contribution in [-0.2, 0) is 12.4 Å². The Morgan fingerprint density at radius 3 is 1.95 bits per heavy atom. The van der Waals surface area contributed by atoms with Crippen LogP contribution in [0.25, 0.3) is 0 Å². The number of amides is 1. The Bertz CT molecular complexity index is 1070. The van der Waals surface area contributed by atoms with Crippen molar-refractivity contribution in [2.45, 2.75) is 49.6 Å². The van der Waals surface area contributed by atoms with E-state index in [0.29, 0.717) is 37.7 Å². The van der Waals surface area contributed by atoms with Crippen molar-refractivity contribution < 1.29 is 35.5 Å². The highest BCUT2D eigenvalue weighted by Gasteiger charge is 2.40. The molecule has 0 spiro atoms. The molecule has 13 heteroatoms. The molecule has 2 aromatic carbocycles. The summed E-state index contributed by atoms with van der Waals surface area (Å²) >= 11 is 0. The number of carbonyl (C=O) groups is 1. The minimum absolute atomic E-state index is 0. The van der Waals surface area contributed by atoms with Gasteiger partial charge in [-0.25, -0.2) is 4.39 Å². The molecule has 0 saturated carbocycles. The van der Waals surface area contributed by atoms with Crippen LogP contribution in [0.4, 0.5) is 30.7 Å². The van der Waals surface area contributed by atoms with Gasteiger partial charge >= 0.3 is 12.4 Å². The summed E-state index contributed by atoms with van der Waals surface area (Å²) in [5, 5.41) is 3.31. The zero-order chi connectivity index (χ0) is 27.0. The summed E-state index contributed by atoms with van der Waals surface area (Å²) in [7, 11) is 1.40. The van der Waals surface area contributed by atoms with Crippen molar-refractivity contribution >= 4 is 30.7 Å². The molecule has 0 unspecified atom stereocenters. The summed E-state index contributed by atoms with van der Waals surface area (Å²) < 4.78 is 93.8. The minimum atomic E-state index is -5.05. The molecule has 39 heavy (non-hydrogen) atoms. The molecule has 2 atom stereocenters. The normalized spacial score (nSPS) is 21.0. The van der Waals surface area contributed by atoms with Gasteiger partial charge in [0.15, 0.2) is 0 Å². The van der Waals surface area contributed by atoms with Crippen molar-refractivity contribution in [1.82, 2.24) is 15.1 Å². The van der Waals surface area contributed by atoms with Gasteiger partial charge in [0, 0.05) is 43.7 Å². The van der Waals surface area contributed by atoms with Crippen LogP contribution in [0, 0.1) is 5.82 Å². The van der Waals surface area contributed by atoms with Crippen LogP contribution >= 0.6 is 24.8 Å². The molecular formula is C26H30Cl2F7N3O.